The quantitative estimate of drug-likeness (QED) is 0.438. The maximum absolute atomic E-state index is 13.2. The molecule has 0 spiro atoms. The van der Waals surface area contributed by atoms with Crippen LogP contribution in [0.1, 0.15) is 36.0 Å². The van der Waals surface area contributed by atoms with E-state index in [9.17, 15) is 18.0 Å². The van der Waals surface area contributed by atoms with E-state index < -0.39 is 18.3 Å². The zero-order valence-electron chi connectivity index (χ0n) is 18.6. The summed E-state index contributed by atoms with van der Waals surface area (Å²) in [6, 6.07) is 8.12. The molecule has 1 fully saturated rings. The fraction of sp³-hybridized carbons (Fsp3) is 0.250. The third kappa shape index (κ3) is 5.75. The highest BCUT2D eigenvalue weighted by Crippen LogP contribution is 2.33. The van der Waals surface area contributed by atoms with Gasteiger partial charge in [0.2, 0.25) is 11.9 Å². The summed E-state index contributed by atoms with van der Waals surface area (Å²) in [7, 11) is 0. The molecule has 0 radical (unpaired) electrons. The number of aromatic nitrogens is 4. The van der Waals surface area contributed by atoms with Crippen molar-refractivity contribution >= 4 is 16.9 Å². The zero-order valence-corrected chi connectivity index (χ0v) is 18.6. The lowest BCUT2D eigenvalue weighted by molar-refractivity contribution is -0.0498. The number of amides is 1. The van der Waals surface area contributed by atoms with Gasteiger partial charge in [0, 0.05) is 24.0 Å². The van der Waals surface area contributed by atoms with Crippen LogP contribution in [0, 0.1) is 5.82 Å². The van der Waals surface area contributed by atoms with Gasteiger partial charge in [-0.15, -0.1) is 0 Å². The van der Waals surface area contributed by atoms with Crippen LogP contribution in [0.5, 0.6) is 5.75 Å². The topological polar surface area (TPSA) is 122 Å². The Morgan fingerprint density at radius 3 is 2.40 bits per heavy atom. The summed E-state index contributed by atoms with van der Waals surface area (Å²) in [4.78, 5) is 23.8. The smallest absolute Gasteiger partial charge is 0.387 e. The third-order valence-electron chi connectivity index (χ3n) is 5.52. The number of alkyl halides is 2. The molecule has 0 unspecified atom stereocenters. The molecule has 5 rings (SSSR count). The minimum atomic E-state index is -2.96. The van der Waals surface area contributed by atoms with E-state index in [0.29, 0.717) is 28.2 Å². The highest BCUT2D eigenvalue weighted by Gasteiger charge is 2.17. The molecule has 35 heavy (non-hydrogen) atoms. The molecule has 11 heteroatoms. The Morgan fingerprint density at radius 1 is 1.09 bits per heavy atom. The lowest BCUT2D eigenvalue weighted by atomic mass is 10.1. The number of nitrogens with two attached hydrogens (primary N) is 2. The van der Waals surface area contributed by atoms with Gasteiger partial charge < -0.3 is 16.2 Å². The highest BCUT2D eigenvalue weighted by molar-refractivity contribution is 5.99. The number of nitrogens with zero attached hydrogens (tertiary/aromatic N) is 4. The molecule has 4 N–H and O–H groups in total. The normalized spacial score (nSPS) is 13.6. The van der Waals surface area contributed by atoms with Gasteiger partial charge in [0.1, 0.15) is 5.75 Å². The first-order valence-electron chi connectivity index (χ1n) is 10.9. The number of benzene rings is 1. The molecule has 1 aliphatic carbocycles. The Bertz CT molecular complexity index is 1320. The number of ether oxygens (including phenoxy) is 1. The molecule has 1 aliphatic rings. The molecular weight excluding hydrogens is 461 g/mol. The van der Waals surface area contributed by atoms with E-state index in [1.54, 1.807) is 18.3 Å². The van der Waals surface area contributed by atoms with Crippen molar-refractivity contribution in [3.05, 3.63) is 66.5 Å². The highest BCUT2D eigenvalue weighted by atomic mass is 19.3. The number of primary amides is 1. The van der Waals surface area contributed by atoms with Gasteiger partial charge in [-0.25, -0.2) is 14.4 Å². The average molecular weight is 484 g/mol. The number of carbonyl (C=O) groups is 1. The van der Waals surface area contributed by atoms with Crippen molar-refractivity contribution in [2.45, 2.75) is 38.3 Å². The van der Waals surface area contributed by atoms with E-state index >= 15 is 0 Å². The molecule has 4 aromatic rings. The zero-order chi connectivity index (χ0) is 24.9. The summed E-state index contributed by atoms with van der Waals surface area (Å²) in [5, 5.41) is 0. The van der Waals surface area contributed by atoms with Gasteiger partial charge in [0.25, 0.3) is 0 Å². The molecule has 0 saturated heterocycles. The van der Waals surface area contributed by atoms with E-state index in [-0.39, 0.29) is 17.3 Å². The molecule has 1 saturated carbocycles. The SMILES string of the molecule is NC(=O)c1cnc2c(-c3cccc(OC(F)F)c3)cn(-c3ncc(F)cn3)c2c1.NC1CCCC1. The van der Waals surface area contributed by atoms with Crippen molar-refractivity contribution < 1.29 is 22.7 Å². The first kappa shape index (κ1) is 24.1. The number of carbonyl (C=O) groups excluding carboxylic acids is 1. The van der Waals surface area contributed by atoms with Crippen molar-refractivity contribution in [3.63, 3.8) is 0 Å². The van der Waals surface area contributed by atoms with Crippen LogP contribution in [0.4, 0.5) is 13.2 Å². The Kier molecular flexibility index (Phi) is 7.25. The van der Waals surface area contributed by atoms with Crippen molar-refractivity contribution in [1.29, 1.82) is 0 Å². The summed E-state index contributed by atoms with van der Waals surface area (Å²) in [6.07, 6.45) is 10.2. The fourth-order valence-corrected chi connectivity index (χ4v) is 3.84. The second-order valence-electron chi connectivity index (χ2n) is 8.02. The van der Waals surface area contributed by atoms with Crippen LogP contribution in [0.25, 0.3) is 28.1 Å². The number of fused-ring (bicyclic) bond motifs is 1. The maximum atomic E-state index is 13.2. The minimum absolute atomic E-state index is 0.0230. The van der Waals surface area contributed by atoms with Crippen LogP contribution in [0.3, 0.4) is 0 Å². The molecule has 0 aliphatic heterocycles. The first-order valence-corrected chi connectivity index (χ1v) is 10.9. The second-order valence-corrected chi connectivity index (χ2v) is 8.02. The Balaban J connectivity index is 0.000000421. The monoisotopic (exact) mass is 484 g/mol. The summed E-state index contributed by atoms with van der Waals surface area (Å²) >= 11 is 0. The lowest BCUT2D eigenvalue weighted by Gasteiger charge is -2.06. The predicted octanol–water partition coefficient (Wildman–Crippen LogP) is 4.21. The molecule has 0 bridgehead atoms. The van der Waals surface area contributed by atoms with Gasteiger partial charge >= 0.3 is 6.61 Å². The maximum Gasteiger partial charge on any atom is 0.387 e. The summed E-state index contributed by atoms with van der Waals surface area (Å²) in [5.41, 5.74) is 13.0. The Labute approximate surface area is 198 Å². The largest absolute Gasteiger partial charge is 0.435 e. The van der Waals surface area contributed by atoms with Gasteiger partial charge in [-0.1, -0.05) is 25.0 Å². The van der Waals surface area contributed by atoms with E-state index in [4.69, 9.17) is 11.5 Å². The second kappa shape index (κ2) is 10.5. The average Bonchev–Trinajstić information content (AvgIpc) is 3.46. The molecule has 3 aromatic heterocycles. The van der Waals surface area contributed by atoms with Crippen molar-refractivity contribution in [2.24, 2.45) is 11.5 Å². The van der Waals surface area contributed by atoms with Crippen LogP contribution in [0.2, 0.25) is 0 Å². The van der Waals surface area contributed by atoms with Crippen LogP contribution in [0.15, 0.2) is 55.1 Å². The van der Waals surface area contributed by atoms with E-state index in [0.717, 1.165) is 12.4 Å². The van der Waals surface area contributed by atoms with Crippen molar-refractivity contribution in [2.75, 3.05) is 0 Å². The number of rotatable bonds is 5. The van der Waals surface area contributed by atoms with Gasteiger partial charge in [-0.3, -0.25) is 14.3 Å². The predicted molar refractivity (Wildman–Crippen MR) is 124 cm³/mol. The Morgan fingerprint density at radius 2 is 1.80 bits per heavy atom. The first-order chi connectivity index (χ1) is 16.8. The van der Waals surface area contributed by atoms with Gasteiger partial charge in [-0.05, 0) is 36.6 Å². The molecule has 8 nitrogen and oxygen atoms in total. The van der Waals surface area contributed by atoms with E-state index in [2.05, 4.69) is 19.7 Å². The van der Waals surface area contributed by atoms with Crippen LogP contribution < -0.4 is 16.2 Å². The van der Waals surface area contributed by atoms with E-state index in [1.807, 2.05) is 0 Å². The summed E-state index contributed by atoms with van der Waals surface area (Å²) in [5.74, 6) is -1.18. The minimum Gasteiger partial charge on any atom is -0.435 e. The lowest BCUT2D eigenvalue weighted by Crippen LogP contribution is -2.13. The summed E-state index contributed by atoms with van der Waals surface area (Å²) < 4.78 is 44.3. The third-order valence-corrected chi connectivity index (χ3v) is 5.52. The molecule has 1 aromatic carbocycles. The number of hydrogen-bond acceptors (Lipinski definition) is 6. The number of hydrogen-bond donors (Lipinski definition) is 2. The van der Waals surface area contributed by atoms with Crippen LogP contribution >= 0.6 is 0 Å². The Hall–Kier alpha value is -3.99. The van der Waals surface area contributed by atoms with Crippen molar-refractivity contribution in [3.8, 4) is 22.8 Å². The van der Waals surface area contributed by atoms with Gasteiger partial charge in [-0.2, -0.15) is 8.78 Å². The van der Waals surface area contributed by atoms with E-state index in [1.165, 1.54) is 54.6 Å². The molecule has 0 atom stereocenters. The standard InChI is InChI=1S/C19H12F3N5O2.C5H11N/c20-12-7-25-19(26-8-12)27-9-14(10-2-1-3-13(4-10)29-18(21)22)16-15(27)5-11(6-24-16)17(23)28;6-5-3-1-2-4-5/h1-9,18H,(H2,23,28);5H,1-4,6H2. The molecule has 182 valence electrons. The number of pyridine rings is 1. The summed E-state index contributed by atoms with van der Waals surface area (Å²) in [6.45, 7) is -2.96. The molecule has 3 heterocycles. The van der Waals surface area contributed by atoms with Gasteiger partial charge in [0.15, 0.2) is 5.82 Å². The van der Waals surface area contributed by atoms with Crippen LogP contribution in [-0.4, -0.2) is 38.1 Å². The van der Waals surface area contributed by atoms with Crippen molar-refractivity contribution in [1.82, 2.24) is 19.5 Å². The molecule has 1 amide bonds. The fourth-order valence-electron chi connectivity index (χ4n) is 3.84. The number of halogens is 3. The molecular formula is C24H23F3N6O2. The van der Waals surface area contributed by atoms with Crippen LogP contribution in [-0.2, 0) is 0 Å². The van der Waals surface area contributed by atoms with Gasteiger partial charge in [0.05, 0.1) is 29.0 Å².